The van der Waals surface area contributed by atoms with E-state index < -0.39 is 11.5 Å². The third kappa shape index (κ3) is 5.06. The van der Waals surface area contributed by atoms with Gasteiger partial charge in [-0.25, -0.2) is 0 Å². The van der Waals surface area contributed by atoms with Crippen molar-refractivity contribution in [2.75, 3.05) is 12.4 Å². The maximum absolute atomic E-state index is 13.4. The van der Waals surface area contributed by atoms with Crippen molar-refractivity contribution in [1.29, 1.82) is 5.26 Å². The van der Waals surface area contributed by atoms with Crippen molar-refractivity contribution in [3.63, 3.8) is 0 Å². The van der Waals surface area contributed by atoms with E-state index in [-0.39, 0.29) is 17.0 Å². The molecule has 2 heterocycles. The summed E-state index contributed by atoms with van der Waals surface area (Å²) in [4.78, 5) is 30.9. The van der Waals surface area contributed by atoms with Crippen molar-refractivity contribution in [2.45, 2.75) is 13.8 Å². The number of methoxy groups -OCH3 is 1. The Balaban J connectivity index is 1.82. The van der Waals surface area contributed by atoms with Crippen molar-refractivity contribution in [1.82, 2.24) is 9.38 Å². The number of anilines is 1. The molecule has 0 atom stereocenters. The Hall–Kier alpha value is -4.61. The van der Waals surface area contributed by atoms with Crippen LogP contribution in [0.25, 0.3) is 11.7 Å². The smallest absolute Gasteiger partial charge is 0.269 e. The Bertz CT molecular complexity index is 1620. The second-order valence-electron chi connectivity index (χ2n) is 7.89. The van der Waals surface area contributed by atoms with Gasteiger partial charge in [0.25, 0.3) is 11.5 Å². The molecule has 0 fully saturated rings. The lowest BCUT2D eigenvalue weighted by Crippen LogP contribution is -2.20. The van der Waals surface area contributed by atoms with E-state index in [0.717, 1.165) is 11.1 Å². The summed E-state index contributed by atoms with van der Waals surface area (Å²) in [5, 5.41) is 12.9. The van der Waals surface area contributed by atoms with Crippen LogP contribution in [-0.4, -0.2) is 22.4 Å². The van der Waals surface area contributed by atoms with Crippen molar-refractivity contribution in [3.05, 3.63) is 98.4 Å². The van der Waals surface area contributed by atoms with Gasteiger partial charge in [0.05, 0.1) is 7.11 Å². The highest BCUT2D eigenvalue weighted by atomic mass is 35.5. The maximum atomic E-state index is 13.4. The molecule has 4 aromatic rings. The number of nitrogens with one attached hydrogen (secondary N) is 1. The van der Waals surface area contributed by atoms with E-state index in [2.05, 4.69) is 10.3 Å². The van der Waals surface area contributed by atoms with Gasteiger partial charge >= 0.3 is 0 Å². The molecule has 0 saturated carbocycles. The normalized spacial score (nSPS) is 11.1. The molecule has 0 aliphatic carbocycles. The molecule has 0 aliphatic heterocycles. The number of carbonyl (C=O) groups is 1. The summed E-state index contributed by atoms with van der Waals surface area (Å²) < 4.78 is 12.5. The molecule has 8 nitrogen and oxygen atoms in total. The van der Waals surface area contributed by atoms with E-state index in [4.69, 9.17) is 21.1 Å². The number of amides is 1. The molecule has 1 N–H and O–H groups in total. The summed E-state index contributed by atoms with van der Waals surface area (Å²) in [5.41, 5.74) is 1.49. The second-order valence-corrected chi connectivity index (χ2v) is 8.30. The number of fused-ring (bicyclic) bond motifs is 1. The number of benzene rings is 2. The summed E-state index contributed by atoms with van der Waals surface area (Å²) in [6, 6.07) is 17.1. The number of halogens is 1. The summed E-state index contributed by atoms with van der Waals surface area (Å²) in [5.74, 6) is 0.193. The molecule has 180 valence electrons. The van der Waals surface area contributed by atoms with Gasteiger partial charge in [0, 0.05) is 23.0 Å². The fourth-order valence-electron chi connectivity index (χ4n) is 3.48. The number of hydrogen-bond acceptors (Lipinski definition) is 6. The Morgan fingerprint density at radius 2 is 1.92 bits per heavy atom. The van der Waals surface area contributed by atoms with Crippen LogP contribution in [0.4, 0.5) is 5.69 Å². The molecule has 0 unspecified atom stereocenters. The fraction of sp³-hybridized carbons (Fsp3) is 0.111. The zero-order chi connectivity index (χ0) is 25.8. The Labute approximate surface area is 212 Å². The zero-order valence-electron chi connectivity index (χ0n) is 19.7. The van der Waals surface area contributed by atoms with E-state index in [1.807, 2.05) is 26.0 Å². The van der Waals surface area contributed by atoms with Crippen LogP contribution < -0.4 is 20.3 Å². The molecule has 0 bridgehead atoms. The van der Waals surface area contributed by atoms with E-state index in [1.165, 1.54) is 17.6 Å². The number of nitriles is 1. The molecule has 36 heavy (non-hydrogen) atoms. The molecular formula is C27H21ClN4O4. The number of aromatic nitrogens is 2. The number of pyridine rings is 1. The molecule has 9 heteroatoms. The maximum Gasteiger partial charge on any atom is 0.269 e. The molecule has 1 amide bonds. The molecule has 0 saturated heterocycles. The molecule has 2 aromatic carbocycles. The first-order valence-electron chi connectivity index (χ1n) is 10.8. The van der Waals surface area contributed by atoms with Crippen LogP contribution >= 0.6 is 11.6 Å². The first-order chi connectivity index (χ1) is 17.3. The summed E-state index contributed by atoms with van der Waals surface area (Å²) >= 11 is 6.12. The van der Waals surface area contributed by atoms with Crippen LogP contribution in [0.5, 0.6) is 17.4 Å². The van der Waals surface area contributed by atoms with Crippen LogP contribution in [0.3, 0.4) is 0 Å². The van der Waals surface area contributed by atoms with Crippen molar-refractivity contribution >= 4 is 34.9 Å². The highest BCUT2D eigenvalue weighted by molar-refractivity contribution is 6.31. The first kappa shape index (κ1) is 24.5. The van der Waals surface area contributed by atoms with Crippen LogP contribution in [0, 0.1) is 25.2 Å². The van der Waals surface area contributed by atoms with Crippen molar-refractivity contribution in [3.8, 4) is 23.4 Å². The average molecular weight is 501 g/mol. The first-order valence-corrected chi connectivity index (χ1v) is 11.2. The summed E-state index contributed by atoms with van der Waals surface area (Å²) in [7, 11) is 1.51. The number of rotatable bonds is 6. The third-order valence-corrected chi connectivity index (χ3v) is 5.80. The Kier molecular flexibility index (Phi) is 7.04. The molecule has 2 aromatic heterocycles. The molecule has 0 spiro atoms. The van der Waals surface area contributed by atoms with Gasteiger partial charge in [-0.3, -0.25) is 14.0 Å². The third-order valence-electron chi connectivity index (χ3n) is 5.37. The van der Waals surface area contributed by atoms with Crippen LogP contribution in [0.1, 0.15) is 16.7 Å². The molecule has 0 aliphatic rings. The highest BCUT2D eigenvalue weighted by Crippen LogP contribution is 2.28. The van der Waals surface area contributed by atoms with Crippen molar-refractivity contribution in [2.24, 2.45) is 0 Å². The van der Waals surface area contributed by atoms with Gasteiger partial charge < -0.3 is 14.8 Å². The van der Waals surface area contributed by atoms with Gasteiger partial charge in [0.2, 0.25) is 5.88 Å². The fourth-order valence-corrected chi connectivity index (χ4v) is 3.60. The van der Waals surface area contributed by atoms with Gasteiger partial charge in [0.1, 0.15) is 34.4 Å². The SMILES string of the molecule is COc1cccc(NC(=O)/C(C#N)=C\c2c(Oc3ccc(Cl)c(C)c3)nc3c(C)cccn3c2=O)c1. The lowest BCUT2D eigenvalue weighted by Gasteiger charge is -2.12. The predicted octanol–water partition coefficient (Wildman–Crippen LogP) is 5.31. The number of nitrogens with zero attached hydrogens (tertiary/aromatic N) is 3. The van der Waals surface area contributed by atoms with E-state index in [1.54, 1.807) is 54.7 Å². The standard InChI is InChI=1S/C27H21ClN4O4/c1-16-6-5-11-32-24(16)31-26(36-21-9-10-23(28)17(2)12-21)22(27(32)34)13-18(15-29)25(33)30-19-7-4-8-20(14-19)35-3/h4-14H,1-3H3,(H,30,33)/b18-13-. The van der Waals surface area contributed by atoms with Crippen molar-refractivity contribution < 1.29 is 14.3 Å². The predicted molar refractivity (Wildman–Crippen MR) is 138 cm³/mol. The van der Waals surface area contributed by atoms with Gasteiger partial charge in [-0.2, -0.15) is 10.2 Å². The largest absolute Gasteiger partial charge is 0.497 e. The van der Waals surface area contributed by atoms with Gasteiger partial charge in [-0.05, 0) is 67.4 Å². The number of aryl methyl sites for hydroxylation is 2. The summed E-state index contributed by atoms with van der Waals surface area (Å²) in [6.07, 6.45) is 2.74. The van der Waals surface area contributed by atoms with Gasteiger partial charge in [-0.15, -0.1) is 0 Å². The van der Waals surface area contributed by atoms with Crippen LogP contribution in [0.2, 0.25) is 5.02 Å². The Morgan fingerprint density at radius 1 is 1.11 bits per heavy atom. The molecular weight excluding hydrogens is 480 g/mol. The monoisotopic (exact) mass is 500 g/mol. The van der Waals surface area contributed by atoms with Crippen LogP contribution in [-0.2, 0) is 4.79 Å². The number of ether oxygens (including phenoxy) is 2. The molecule has 0 radical (unpaired) electrons. The molecule has 4 rings (SSSR count). The number of hydrogen-bond donors (Lipinski definition) is 1. The average Bonchev–Trinajstić information content (AvgIpc) is 2.87. The zero-order valence-corrected chi connectivity index (χ0v) is 20.5. The summed E-state index contributed by atoms with van der Waals surface area (Å²) in [6.45, 7) is 3.63. The minimum absolute atomic E-state index is 0.0436. The minimum atomic E-state index is -0.701. The van der Waals surface area contributed by atoms with Crippen LogP contribution in [0.15, 0.2) is 71.2 Å². The lowest BCUT2D eigenvalue weighted by molar-refractivity contribution is -0.112. The van der Waals surface area contributed by atoms with Gasteiger partial charge in [0.15, 0.2) is 0 Å². The lowest BCUT2D eigenvalue weighted by atomic mass is 10.1. The van der Waals surface area contributed by atoms with Gasteiger partial charge in [-0.1, -0.05) is 23.7 Å². The quantitative estimate of drug-likeness (QED) is 0.284. The van der Waals surface area contributed by atoms with E-state index in [9.17, 15) is 14.9 Å². The van der Waals surface area contributed by atoms with E-state index in [0.29, 0.717) is 27.9 Å². The Morgan fingerprint density at radius 3 is 2.64 bits per heavy atom. The van der Waals surface area contributed by atoms with E-state index >= 15 is 0 Å². The second kappa shape index (κ2) is 10.3. The highest BCUT2D eigenvalue weighted by Gasteiger charge is 2.18. The minimum Gasteiger partial charge on any atom is -0.497 e. The number of carbonyl (C=O) groups excluding carboxylic acids is 1. The topological polar surface area (TPSA) is 106 Å².